The maximum atomic E-state index is 11.7. The number of allylic oxidation sites excluding steroid dienone is 2. The van der Waals surface area contributed by atoms with Crippen molar-refractivity contribution in [1.29, 1.82) is 0 Å². The fourth-order valence-electron chi connectivity index (χ4n) is 3.01. The summed E-state index contributed by atoms with van der Waals surface area (Å²) in [6.45, 7) is 7.96. The highest BCUT2D eigenvalue weighted by molar-refractivity contribution is 8.04. The molecular formula is C18H25N3O2S. The van der Waals surface area contributed by atoms with E-state index in [0.717, 1.165) is 49.1 Å². The third-order valence-corrected chi connectivity index (χ3v) is 6.16. The molecule has 0 bridgehead atoms. The molecule has 0 saturated carbocycles. The first-order valence-corrected chi connectivity index (χ1v) is 9.22. The Morgan fingerprint density at radius 1 is 1.29 bits per heavy atom. The molecule has 0 spiro atoms. The number of hydrogen-bond donors (Lipinski definition) is 1. The summed E-state index contributed by atoms with van der Waals surface area (Å²) < 4.78 is 5.40. The van der Waals surface area contributed by atoms with Gasteiger partial charge in [-0.3, -0.25) is 4.79 Å². The maximum absolute atomic E-state index is 11.7. The monoisotopic (exact) mass is 347 g/mol. The van der Waals surface area contributed by atoms with E-state index in [1.807, 2.05) is 14.0 Å². The Bertz CT molecular complexity index is 624. The van der Waals surface area contributed by atoms with Gasteiger partial charge in [0.1, 0.15) is 0 Å². The Labute approximate surface area is 148 Å². The summed E-state index contributed by atoms with van der Waals surface area (Å²) in [5, 5.41) is 3.74. The lowest BCUT2D eigenvalue weighted by atomic mass is 10.2. The van der Waals surface area contributed by atoms with Crippen LogP contribution in [-0.4, -0.2) is 56.0 Å². The summed E-state index contributed by atoms with van der Waals surface area (Å²) in [7, 11) is 2.05. The van der Waals surface area contributed by atoms with Crippen LogP contribution in [0.2, 0.25) is 0 Å². The molecule has 2 aliphatic heterocycles. The lowest BCUT2D eigenvalue weighted by Crippen LogP contribution is -2.36. The van der Waals surface area contributed by atoms with Crippen molar-refractivity contribution < 1.29 is 9.53 Å². The molecule has 6 heteroatoms. The van der Waals surface area contributed by atoms with Crippen LogP contribution in [0.1, 0.15) is 13.8 Å². The zero-order valence-corrected chi connectivity index (χ0v) is 15.4. The highest BCUT2D eigenvalue weighted by atomic mass is 32.2. The number of hydrogen-bond acceptors (Lipinski definition) is 6. The predicted octanol–water partition coefficient (Wildman–Crippen LogP) is 2.76. The first-order chi connectivity index (χ1) is 11.6. The minimum atomic E-state index is 0.154. The van der Waals surface area contributed by atoms with Gasteiger partial charge >= 0.3 is 0 Å². The highest BCUT2D eigenvalue weighted by Crippen LogP contribution is 2.37. The zero-order valence-electron chi connectivity index (χ0n) is 14.5. The van der Waals surface area contributed by atoms with E-state index in [2.05, 4.69) is 39.4 Å². The Balaban J connectivity index is 1.55. The Kier molecular flexibility index (Phi) is 5.36. The second kappa shape index (κ2) is 7.49. The molecule has 1 aromatic rings. The van der Waals surface area contributed by atoms with E-state index < -0.39 is 0 Å². The molecule has 1 unspecified atom stereocenters. The fraction of sp³-hybridized carbons (Fsp3) is 0.500. The summed E-state index contributed by atoms with van der Waals surface area (Å²) >= 11 is 1.65. The van der Waals surface area contributed by atoms with Crippen molar-refractivity contribution in [3.63, 3.8) is 0 Å². The first-order valence-electron chi connectivity index (χ1n) is 8.34. The van der Waals surface area contributed by atoms with Crippen LogP contribution in [0.3, 0.4) is 0 Å². The van der Waals surface area contributed by atoms with Crippen molar-refractivity contribution in [2.45, 2.75) is 19.2 Å². The van der Waals surface area contributed by atoms with Crippen molar-refractivity contribution >= 4 is 28.9 Å². The molecule has 5 nitrogen and oxygen atoms in total. The van der Waals surface area contributed by atoms with Crippen molar-refractivity contribution in [3.05, 3.63) is 34.9 Å². The molecule has 0 amide bonds. The Morgan fingerprint density at radius 2 is 1.96 bits per heavy atom. The number of thioether (sulfide) groups is 1. The largest absolute Gasteiger partial charge is 0.382 e. The number of nitrogens with one attached hydrogen (secondary N) is 1. The van der Waals surface area contributed by atoms with Gasteiger partial charge in [-0.15, -0.1) is 0 Å². The van der Waals surface area contributed by atoms with Crippen LogP contribution in [0.15, 0.2) is 34.9 Å². The van der Waals surface area contributed by atoms with Crippen LogP contribution in [0.4, 0.5) is 11.4 Å². The average molecular weight is 347 g/mol. The molecule has 1 atom stereocenters. The molecule has 2 aliphatic rings. The normalized spacial score (nSPS) is 21.4. The number of nitrogens with zero attached hydrogens (tertiary/aromatic N) is 2. The Hall–Kier alpha value is -1.66. The van der Waals surface area contributed by atoms with Gasteiger partial charge in [-0.1, -0.05) is 11.8 Å². The molecular weight excluding hydrogens is 322 g/mol. The number of rotatable bonds is 5. The summed E-state index contributed by atoms with van der Waals surface area (Å²) in [6.07, 6.45) is 0. The SMILES string of the molecule is CC(=O)C1=C(C)N(C)C(CNc2ccc(N3CCOCC3)cc2)S1. The van der Waals surface area contributed by atoms with Crippen LogP contribution in [0, 0.1) is 0 Å². The number of likely N-dealkylation sites (N-methyl/N-ethyl adjacent to an activating group) is 1. The third kappa shape index (κ3) is 3.70. The minimum absolute atomic E-state index is 0.154. The van der Waals surface area contributed by atoms with Gasteiger partial charge in [0, 0.05) is 43.8 Å². The second-order valence-corrected chi connectivity index (χ2v) is 7.37. The lowest BCUT2D eigenvalue weighted by molar-refractivity contribution is -0.113. The summed E-state index contributed by atoms with van der Waals surface area (Å²) in [5.74, 6) is 0.154. The highest BCUT2D eigenvalue weighted by Gasteiger charge is 2.29. The van der Waals surface area contributed by atoms with Gasteiger partial charge in [0.15, 0.2) is 5.78 Å². The quantitative estimate of drug-likeness (QED) is 0.884. The number of carbonyl (C=O) groups excluding carboxylic acids is 1. The average Bonchev–Trinajstić information content (AvgIpc) is 2.90. The van der Waals surface area contributed by atoms with Crippen LogP contribution in [-0.2, 0) is 9.53 Å². The topological polar surface area (TPSA) is 44.8 Å². The first kappa shape index (κ1) is 17.2. The molecule has 0 aromatic heterocycles. The van der Waals surface area contributed by atoms with Crippen LogP contribution in [0.25, 0.3) is 0 Å². The Morgan fingerprint density at radius 3 is 2.54 bits per heavy atom. The second-order valence-electron chi connectivity index (χ2n) is 6.18. The smallest absolute Gasteiger partial charge is 0.167 e. The van der Waals surface area contributed by atoms with E-state index in [1.54, 1.807) is 18.7 Å². The lowest BCUT2D eigenvalue weighted by Gasteiger charge is -2.29. The molecule has 130 valence electrons. The van der Waals surface area contributed by atoms with Crippen molar-refractivity contribution in [2.24, 2.45) is 0 Å². The van der Waals surface area contributed by atoms with Crippen LogP contribution < -0.4 is 10.2 Å². The summed E-state index contributed by atoms with van der Waals surface area (Å²) in [6, 6.07) is 8.56. The predicted molar refractivity (Wildman–Crippen MR) is 100 cm³/mol. The van der Waals surface area contributed by atoms with Gasteiger partial charge in [0.05, 0.1) is 23.5 Å². The van der Waals surface area contributed by atoms with E-state index >= 15 is 0 Å². The molecule has 2 heterocycles. The molecule has 24 heavy (non-hydrogen) atoms. The fourth-order valence-corrected chi connectivity index (χ4v) is 4.25. The van der Waals surface area contributed by atoms with E-state index in [1.165, 1.54) is 5.69 Å². The standard InChI is InChI=1S/C18H25N3O2S/c1-13-18(14(2)22)24-17(20(13)3)12-19-15-4-6-16(7-5-15)21-8-10-23-11-9-21/h4-7,17,19H,8-12H2,1-3H3. The van der Waals surface area contributed by atoms with Gasteiger partial charge in [-0.2, -0.15) is 0 Å². The van der Waals surface area contributed by atoms with Gasteiger partial charge in [0.25, 0.3) is 0 Å². The van der Waals surface area contributed by atoms with Gasteiger partial charge < -0.3 is 19.9 Å². The summed E-state index contributed by atoms with van der Waals surface area (Å²) in [5.41, 5.74) is 3.42. The molecule has 3 rings (SSSR count). The number of morpholine rings is 1. The molecule has 1 fully saturated rings. The van der Waals surface area contributed by atoms with Gasteiger partial charge in [-0.05, 0) is 38.1 Å². The number of Topliss-reactive ketones (excluding diaryl/α,β-unsaturated/α-hetero) is 1. The maximum Gasteiger partial charge on any atom is 0.167 e. The number of ketones is 1. The molecule has 0 aliphatic carbocycles. The van der Waals surface area contributed by atoms with Gasteiger partial charge in [0.2, 0.25) is 0 Å². The van der Waals surface area contributed by atoms with Crippen molar-refractivity contribution in [2.75, 3.05) is 50.1 Å². The van der Waals surface area contributed by atoms with E-state index in [-0.39, 0.29) is 11.2 Å². The molecule has 0 radical (unpaired) electrons. The van der Waals surface area contributed by atoms with E-state index in [4.69, 9.17) is 4.74 Å². The molecule has 1 aromatic carbocycles. The number of benzene rings is 1. The summed E-state index contributed by atoms with van der Waals surface area (Å²) in [4.78, 5) is 17.1. The number of carbonyl (C=O) groups is 1. The minimum Gasteiger partial charge on any atom is -0.382 e. The molecule has 1 saturated heterocycles. The van der Waals surface area contributed by atoms with Gasteiger partial charge in [-0.25, -0.2) is 0 Å². The third-order valence-electron chi connectivity index (χ3n) is 4.59. The van der Waals surface area contributed by atoms with E-state index in [0.29, 0.717) is 0 Å². The number of anilines is 2. The van der Waals surface area contributed by atoms with Crippen LogP contribution >= 0.6 is 11.8 Å². The van der Waals surface area contributed by atoms with E-state index in [9.17, 15) is 4.79 Å². The molecule has 1 N–H and O–H groups in total. The number of ether oxygens (including phenoxy) is 1. The van der Waals surface area contributed by atoms with Crippen LogP contribution in [0.5, 0.6) is 0 Å². The zero-order chi connectivity index (χ0) is 17.1. The van der Waals surface area contributed by atoms with Crippen molar-refractivity contribution in [3.8, 4) is 0 Å². The van der Waals surface area contributed by atoms with Crippen molar-refractivity contribution in [1.82, 2.24) is 4.90 Å².